The number of aldehydes is 1. The zero-order valence-corrected chi connectivity index (χ0v) is 20.5. The molecule has 0 amide bonds. The molecule has 4 aromatic carbocycles. The summed E-state index contributed by atoms with van der Waals surface area (Å²) in [6.07, 6.45) is 0.976. The first-order valence-electron chi connectivity index (χ1n) is 11.2. The van der Waals surface area contributed by atoms with E-state index in [1.165, 1.54) is 36.3 Å². The van der Waals surface area contributed by atoms with E-state index in [1.807, 2.05) is 43.3 Å². The molecule has 178 valence electrons. The van der Waals surface area contributed by atoms with Gasteiger partial charge in [-0.1, -0.05) is 122 Å². The second-order valence-corrected chi connectivity index (χ2v) is 7.38. The van der Waals surface area contributed by atoms with Crippen LogP contribution in [0.2, 0.25) is 0 Å². The number of aryl methyl sites for hydroxylation is 1. The summed E-state index contributed by atoms with van der Waals surface area (Å²) in [5.74, 6) is -0.0383. The summed E-state index contributed by atoms with van der Waals surface area (Å²) in [7, 11) is 2.93. The first-order chi connectivity index (χ1) is 16.6. The SMILES string of the molecule is CC(C=O)c1cccc(-c2ccccc2)c1.CN.CNO.Cc1cccc(-c2ccccc2)c1. The van der Waals surface area contributed by atoms with Crippen molar-refractivity contribution < 1.29 is 10.0 Å². The van der Waals surface area contributed by atoms with Crippen LogP contribution in [0.3, 0.4) is 0 Å². The number of nitrogens with two attached hydrogens (primary N) is 1. The molecule has 1 atom stereocenters. The normalized spacial score (nSPS) is 10.2. The van der Waals surface area contributed by atoms with Crippen LogP contribution in [0.4, 0.5) is 0 Å². The molecule has 0 aliphatic carbocycles. The lowest BCUT2D eigenvalue weighted by Gasteiger charge is -2.07. The van der Waals surface area contributed by atoms with Gasteiger partial charge in [-0.15, -0.1) is 0 Å². The molecule has 0 spiro atoms. The van der Waals surface area contributed by atoms with Crippen LogP contribution in [0, 0.1) is 6.92 Å². The van der Waals surface area contributed by atoms with E-state index in [-0.39, 0.29) is 5.92 Å². The van der Waals surface area contributed by atoms with Crippen molar-refractivity contribution in [1.82, 2.24) is 5.48 Å². The van der Waals surface area contributed by atoms with E-state index in [2.05, 4.69) is 85.5 Å². The highest BCUT2D eigenvalue weighted by atomic mass is 16.5. The maximum Gasteiger partial charge on any atom is 0.127 e. The molecule has 1 unspecified atom stereocenters. The van der Waals surface area contributed by atoms with E-state index in [1.54, 1.807) is 5.48 Å². The highest BCUT2D eigenvalue weighted by Gasteiger charge is 2.04. The minimum atomic E-state index is -0.0383. The molecule has 4 rings (SSSR count). The average Bonchev–Trinajstić information content (AvgIpc) is 2.91. The van der Waals surface area contributed by atoms with Crippen LogP contribution in [-0.4, -0.2) is 25.6 Å². The molecule has 4 aromatic rings. The number of carbonyl (C=O) groups is 1. The summed E-state index contributed by atoms with van der Waals surface area (Å²) < 4.78 is 0. The lowest BCUT2D eigenvalue weighted by atomic mass is 9.97. The largest absolute Gasteiger partial charge is 0.333 e. The summed E-state index contributed by atoms with van der Waals surface area (Å²) >= 11 is 0. The molecule has 34 heavy (non-hydrogen) atoms. The van der Waals surface area contributed by atoms with Crippen LogP contribution in [-0.2, 0) is 4.79 Å². The smallest absolute Gasteiger partial charge is 0.127 e. The fraction of sp³-hybridized carbons (Fsp3) is 0.167. The first-order valence-corrected chi connectivity index (χ1v) is 11.2. The highest BCUT2D eigenvalue weighted by Crippen LogP contribution is 2.23. The Morgan fingerprint density at radius 3 is 1.56 bits per heavy atom. The Morgan fingerprint density at radius 1 is 0.706 bits per heavy atom. The lowest BCUT2D eigenvalue weighted by molar-refractivity contribution is -0.108. The van der Waals surface area contributed by atoms with Gasteiger partial charge in [0.05, 0.1) is 0 Å². The summed E-state index contributed by atoms with van der Waals surface area (Å²) in [5, 5.41) is 7.32. The Balaban J connectivity index is 0.000000290. The van der Waals surface area contributed by atoms with E-state index in [4.69, 9.17) is 5.21 Å². The van der Waals surface area contributed by atoms with Crippen LogP contribution < -0.4 is 11.2 Å². The van der Waals surface area contributed by atoms with E-state index in [0.717, 1.165) is 17.4 Å². The van der Waals surface area contributed by atoms with Gasteiger partial charge in [0.2, 0.25) is 0 Å². The minimum Gasteiger partial charge on any atom is -0.333 e. The van der Waals surface area contributed by atoms with Crippen molar-refractivity contribution in [2.24, 2.45) is 5.73 Å². The topological polar surface area (TPSA) is 75.4 Å². The van der Waals surface area contributed by atoms with Crippen LogP contribution in [0.5, 0.6) is 0 Å². The third-order valence-electron chi connectivity index (χ3n) is 4.85. The fourth-order valence-electron chi connectivity index (χ4n) is 3.17. The van der Waals surface area contributed by atoms with Gasteiger partial charge in [0.25, 0.3) is 0 Å². The van der Waals surface area contributed by atoms with E-state index >= 15 is 0 Å². The fourth-order valence-corrected chi connectivity index (χ4v) is 3.17. The van der Waals surface area contributed by atoms with Gasteiger partial charge in [-0.05, 0) is 41.8 Å². The Bertz CT molecular complexity index is 1070. The zero-order chi connectivity index (χ0) is 25.2. The maximum absolute atomic E-state index is 10.8. The van der Waals surface area contributed by atoms with E-state index in [0.29, 0.717) is 0 Å². The van der Waals surface area contributed by atoms with E-state index < -0.39 is 0 Å². The minimum absolute atomic E-state index is 0.0383. The Hall–Kier alpha value is -3.57. The van der Waals surface area contributed by atoms with Gasteiger partial charge in [0.15, 0.2) is 0 Å². The van der Waals surface area contributed by atoms with Crippen LogP contribution >= 0.6 is 0 Å². The standard InChI is InChI=1S/C15H14O.C13H12.CH5NO.CH5N/c1-12(11-16)14-8-5-9-15(10-14)13-6-3-2-4-7-13;1-11-6-5-9-13(10-11)12-7-3-2-4-8-12;1-2-3;1-2/h2-12H,1H3;2-10H,1H3;2-3H,1H3;2H2,1H3. The monoisotopic (exact) mass is 456 g/mol. The Kier molecular flexibility index (Phi) is 14.2. The van der Waals surface area contributed by atoms with Crippen molar-refractivity contribution in [2.75, 3.05) is 14.1 Å². The van der Waals surface area contributed by atoms with Crippen molar-refractivity contribution in [3.63, 3.8) is 0 Å². The molecular weight excluding hydrogens is 420 g/mol. The molecule has 0 saturated heterocycles. The van der Waals surface area contributed by atoms with Gasteiger partial charge >= 0.3 is 0 Å². The van der Waals surface area contributed by atoms with Gasteiger partial charge in [0.1, 0.15) is 6.29 Å². The van der Waals surface area contributed by atoms with E-state index in [9.17, 15) is 4.79 Å². The zero-order valence-electron chi connectivity index (χ0n) is 20.5. The van der Waals surface area contributed by atoms with Gasteiger partial charge in [-0.2, -0.15) is 0 Å². The predicted octanol–water partition coefficient (Wildman–Crippen LogP) is 6.49. The maximum atomic E-state index is 10.8. The number of rotatable bonds is 4. The molecule has 4 nitrogen and oxygen atoms in total. The summed E-state index contributed by atoms with van der Waals surface area (Å²) in [4.78, 5) is 10.8. The second-order valence-electron chi connectivity index (χ2n) is 7.38. The number of hydrogen-bond donors (Lipinski definition) is 3. The van der Waals surface area contributed by atoms with Gasteiger partial charge < -0.3 is 15.7 Å². The number of carbonyl (C=O) groups excluding carboxylic acids is 1. The summed E-state index contributed by atoms with van der Waals surface area (Å²) in [6, 6.07) is 37.3. The lowest BCUT2D eigenvalue weighted by Crippen LogP contribution is -1.94. The van der Waals surface area contributed by atoms with Crippen LogP contribution in [0.25, 0.3) is 22.3 Å². The molecule has 0 radical (unpaired) electrons. The second kappa shape index (κ2) is 17.0. The molecular formula is C30H36N2O2. The Labute approximate surface area is 204 Å². The van der Waals surface area contributed by atoms with Crippen LogP contribution in [0.1, 0.15) is 24.0 Å². The molecule has 4 heteroatoms. The summed E-state index contributed by atoms with van der Waals surface area (Å²) in [5.41, 5.74) is 13.5. The number of benzene rings is 4. The molecule has 0 bridgehead atoms. The average molecular weight is 457 g/mol. The highest BCUT2D eigenvalue weighted by molar-refractivity contribution is 5.68. The van der Waals surface area contributed by atoms with Crippen molar-refractivity contribution in [1.29, 1.82) is 0 Å². The third-order valence-corrected chi connectivity index (χ3v) is 4.85. The quantitative estimate of drug-likeness (QED) is 0.242. The number of nitrogens with one attached hydrogen (secondary N) is 1. The van der Waals surface area contributed by atoms with Gasteiger partial charge in [-0.3, -0.25) is 0 Å². The van der Waals surface area contributed by atoms with Crippen molar-refractivity contribution in [3.05, 3.63) is 120 Å². The van der Waals surface area contributed by atoms with Gasteiger partial charge in [-0.25, -0.2) is 5.48 Å². The third kappa shape index (κ3) is 9.92. The first kappa shape index (κ1) is 28.5. The van der Waals surface area contributed by atoms with Crippen molar-refractivity contribution in [3.8, 4) is 22.3 Å². The molecule has 0 saturated carbocycles. The number of hydrogen-bond acceptors (Lipinski definition) is 4. The molecule has 0 aliphatic heterocycles. The molecule has 0 aliphatic rings. The molecule has 0 heterocycles. The van der Waals surface area contributed by atoms with Crippen molar-refractivity contribution in [2.45, 2.75) is 19.8 Å². The molecule has 0 aromatic heterocycles. The van der Waals surface area contributed by atoms with Crippen LogP contribution in [0.15, 0.2) is 109 Å². The van der Waals surface area contributed by atoms with Crippen molar-refractivity contribution >= 4 is 6.29 Å². The van der Waals surface area contributed by atoms with Gasteiger partial charge in [0, 0.05) is 13.0 Å². The molecule has 0 fully saturated rings. The summed E-state index contributed by atoms with van der Waals surface area (Å²) in [6.45, 7) is 4.03. The Morgan fingerprint density at radius 2 is 1.12 bits per heavy atom. The number of hydroxylamine groups is 1. The molecule has 4 N–H and O–H groups in total. The predicted molar refractivity (Wildman–Crippen MR) is 144 cm³/mol.